The van der Waals surface area contributed by atoms with E-state index in [1.54, 1.807) is 24.3 Å². The maximum Gasteiger partial charge on any atom is 0.416 e. The zero-order valence-electron chi connectivity index (χ0n) is 16.6. The lowest BCUT2D eigenvalue weighted by atomic mass is 10.0. The number of hydrogen-bond acceptors (Lipinski definition) is 5. The molecule has 10 heteroatoms. The molecule has 0 bridgehead atoms. The first-order valence-corrected chi connectivity index (χ1v) is 9.17. The largest absolute Gasteiger partial charge is 0.467 e. The Bertz CT molecular complexity index is 886. The van der Waals surface area contributed by atoms with Gasteiger partial charge in [-0.05, 0) is 23.3 Å². The monoisotopic (exact) mass is 438 g/mol. The van der Waals surface area contributed by atoms with E-state index in [2.05, 4.69) is 15.4 Å². The second-order valence-electron chi connectivity index (χ2n) is 6.46. The number of alkyl halides is 3. The van der Waals surface area contributed by atoms with Crippen molar-refractivity contribution < 1.29 is 37.0 Å². The third kappa shape index (κ3) is 8.00. The van der Waals surface area contributed by atoms with E-state index in [9.17, 15) is 27.6 Å². The summed E-state index contributed by atoms with van der Waals surface area (Å²) in [6.45, 7) is -0.443. The number of halogens is 3. The molecule has 0 aliphatic heterocycles. The van der Waals surface area contributed by atoms with Crippen LogP contribution >= 0.6 is 0 Å². The molecule has 166 valence electrons. The summed E-state index contributed by atoms with van der Waals surface area (Å²) >= 11 is 0. The molecule has 0 aromatic heterocycles. The molecule has 31 heavy (non-hydrogen) atoms. The molecule has 0 saturated carbocycles. The van der Waals surface area contributed by atoms with Gasteiger partial charge in [0.1, 0.15) is 19.2 Å². The maximum atomic E-state index is 12.7. The molecular formula is C21H21F3N2O5. The number of amides is 2. The van der Waals surface area contributed by atoms with E-state index in [0.717, 1.165) is 24.8 Å². The topological polar surface area (TPSA) is 93.7 Å². The van der Waals surface area contributed by atoms with Gasteiger partial charge < -0.3 is 20.1 Å². The maximum absolute atomic E-state index is 12.7. The highest BCUT2D eigenvalue weighted by atomic mass is 19.4. The first-order valence-electron chi connectivity index (χ1n) is 9.17. The Morgan fingerprint density at radius 3 is 2.19 bits per heavy atom. The summed E-state index contributed by atoms with van der Waals surface area (Å²) < 4.78 is 47.6. The van der Waals surface area contributed by atoms with Crippen LogP contribution in [0.25, 0.3) is 0 Å². The smallest absolute Gasteiger partial charge is 0.416 e. The standard InChI is InChI=1S/C21H21F3N2O5/c1-30-19(28)17(11-14-7-9-16(10-8-14)21(22,23)24)26-18(27)12-25-20(29)31-13-15-5-3-2-4-6-15/h2-10,17H,11-13H2,1H3,(H,25,29)(H,26,27)/t17-/m0/s1. The minimum atomic E-state index is -4.48. The van der Waals surface area contributed by atoms with Crippen LogP contribution in [0.3, 0.4) is 0 Å². The van der Waals surface area contributed by atoms with Crippen molar-refractivity contribution in [1.82, 2.24) is 10.6 Å². The minimum Gasteiger partial charge on any atom is -0.467 e. The lowest BCUT2D eigenvalue weighted by Crippen LogP contribution is -2.47. The summed E-state index contributed by atoms with van der Waals surface area (Å²) in [4.78, 5) is 35.7. The molecule has 0 unspecified atom stereocenters. The van der Waals surface area contributed by atoms with E-state index in [1.807, 2.05) is 6.07 Å². The molecule has 2 rings (SSSR count). The fraction of sp³-hybridized carbons (Fsp3) is 0.286. The van der Waals surface area contributed by atoms with Crippen LogP contribution in [-0.4, -0.2) is 37.7 Å². The lowest BCUT2D eigenvalue weighted by Gasteiger charge is -2.17. The number of benzene rings is 2. The lowest BCUT2D eigenvalue weighted by molar-refractivity contribution is -0.145. The van der Waals surface area contributed by atoms with Crippen LogP contribution in [0.4, 0.5) is 18.0 Å². The van der Waals surface area contributed by atoms with Gasteiger partial charge in [0.05, 0.1) is 12.7 Å². The summed E-state index contributed by atoms with van der Waals surface area (Å²) in [6.07, 6.45) is -5.39. The van der Waals surface area contributed by atoms with Crippen molar-refractivity contribution in [2.75, 3.05) is 13.7 Å². The molecule has 0 spiro atoms. The summed E-state index contributed by atoms with van der Waals surface area (Å²) in [5.41, 5.74) is 0.330. The highest BCUT2D eigenvalue weighted by Gasteiger charge is 2.30. The van der Waals surface area contributed by atoms with Gasteiger partial charge in [-0.25, -0.2) is 9.59 Å². The number of ether oxygens (including phenoxy) is 2. The predicted molar refractivity (Wildman–Crippen MR) is 104 cm³/mol. The number of carbonyl (C=O) groups is 3. The number of alkyl carbamates (subject to hydrolysis) is 1. The highest BCUT2D eigenvalue weighted by molar-refractivity contribution is 5.87. The Hall–Kier alpha value is -3.56. The van der Waals surface area contributed by atoms with Crippen molar-refractivity contribution in [1.29, 1.82) is 0 Å². The molecule has 2 aromatic rings. The van der Waals surface area contributed by atoms with Crippen LogP contribution in [0.2, 0.25) is 0 Å². The molecule has 2 amide bonds. The van der Waals surface area contributed by atoms with Crippen LogP contribution in [0.5, 0.6) is 0 Å². The van der Waals surface area contributed by atoms with Crippen LogP contribution in [0, 0.1) is 0 Å². The number of rotatable bonds is 8. The average Bonchev–Trinajstić information content (AvgIpc) is 2.75. The van der Waals surface area contributed by atoms with Crippen molar-refractivity contribution in [3.8, 4) is 0 Å². The Balaban J connectivity index is 1.86. The molecule has 0 fully saturated rings. The summed E-state index contributed by atoms with van der Waals surface area (Å²) in [6, 6.07) is 12.0. The number of carbonyl (C=O) groups excluding carboxylic acids is 3. The molecule has 2 aromatic carbocycles. The molecule has 0 aliphatic rings. The van der Waals surface area contributed by atoms with Gasteiger partial charge in [-0.15, -0.1) is 0 Å². The van der Waals surface area contributed by atoms with E-state index >= 15 is 0 Å². The molecule has 0 aliphatic carbocycles. The van der Waals surface area contributed by atoms with Gasteiger partial charge in [0, 0.05) is 6.42 Å². The second kappa shape index (κ2) is 11.0. The first kappa shape index (κ1) is 23.7. The average molecular weight is 438 g/mol. The van der Waals surface area contributed by atoms with Crippen LogP contribution < -0.4 is 10.6 Å². The molecule has 1 atom stereocenters. The van der Waals surface area contributed by atoms with Gasteiger partial charge in [0.25, 0.3) is 0 Å². The van der Waals surface area contributed by atoms with E-state index in [0.29, 0.717) is 5.56 Å². The van der Waals surface area contributed by atoms with Gasteiger partial charge in [-0.1, -0.05) is 42.5 Å². The Morgan fingerprint density at radius 1 is 0.968 bits per heavy atom. The van der Waals surface area contributed by atoms with Crippen molar-refractivity contribution in [3.63, 3.8) is 0 Å². The Labute approximate surface area is 176 Å². The van der Waals surface area contributed by atoms with Crippen LogP contribution in [0.1, 0.15) is 16.7 Å². The minimum absolute atomic E-state index is 0.0208. The zero-order chi connectivity index (χ0) is 22.9. The van der Waals surface area contributed by atoms with Crippen molar-refractivity contribution in [3.05, 3.63) is 71.3 Å². The molecule has 0 heterocycles. The van der Waals surface area contributed by atoms with E-state index in [1.165, 1.54) is 12.1 Å². The number of methoxy groups -OCH3 is 1. The van der Waals surface area contributed by atoms with E-state index in [4.69, 9.17) is 4.74 Å². The van der Waals surface area contributed by atoms with Crippen LogP contribution in [-0.2, 0) is 38.3 Å². The second-order valence-corrected chi connectivity index (χ2v) is 6.46. The normalized spacial score (nSPS) is 11.9. The number of hydrogen-bond donors (Lipinski definition) is 2. The van der Waals surface area contributed by atoms with Gasteiger partial charge in [-0.2, -0.15) is 13.2 Å². The number of esters is 1. The van der Waals surface area contributed by atoms with Crippen molar-refractivity contribution in [2.45, 2.75) is 25.2 Å². The van der Waals surface area contributed by atoms with Gasteiger partial charge in [0.2, 0.25) is 5.91 Å². The highest BCUT2D eigenvalue weighted by Crippen LogP contribution is 2.29. The van der Waals surface area contributed by atoms with E-state index in [-0.39, 0.29) is 13.0 Å². The SMILES string of the molecule is COC(=O)[C@H](Cc1ccc(C(F)(F)F)cc1)NC(=O)CNC(=O)OCc1ccccc1. The predicted octanol–water partition coefficient (Wildman–Crippen LogP) is 2.83. The van der Waals surface area contributed by atoms with Crippen molar-refractivity contribution in [2.24, 2.45) is 0 Å². The Morgan fingerprint density at radius 2 is 1.61 bits per heavy atom. The molecule has 0 radical (unpaired) electrons. The van der Waals surface area contributed by atoms with E-state index < -0.39 is 42.3 Å². The molecule has 2 N–H and O–H groups in total. The number of nitrogens with one attached hydrogen (secondary N) is 2. The third-order valence-electron chi connectivity index (χ3n) is 4.15. The fourth-order valence-electron chi connectivity index (χ4n) is 2.57. The van der Waals surface area contributed by atoms with Crippen molar-refractivity contribution >= 4 is 18.0 Å². The molecular weight excluding hydrogens is 417 g/mol. The zero-order valence-corrected chi connectivity index (χ0v) is 16.6. The van der Waals surface area contributed by atoms with Crippen LogP contribution in [0.15, 0.2) is 54.6 Å². The van der Waals surface area contributed by atoms with Gasteiger partial charge >= 0.3 is 18.2 Å². The summed E-state index contributed by atoms with van der Waals surface area (Å²) in [5.74, 6) is -1.47. The third-order valence-corrected chi connectivity index (χ3v) is 4.15. The first-order chi connectivity index (χ1) is 14.7. The fourth-order valence-corrected chi connectivity index (χ4v) is 2.57. The quantitative estimate of drug-likeness (QED) is 0.619. The summed E-state index contributed by atoms with van der Waals surface area (Å²) in [5, 5.41) is 4.64. The molecule has 7 nitrogen and oxygen atoms in total. The van der Waals surface area contributed by atoms with Gasteiger partial charge in [-0.3, -0.25) is 4.79 Å². The molecule has 0 saturated heterocycles. The Kier molecular flexibility index (Phi) is 8.42. The van der Waals surface area contributed by atoms with Gasteiger partial charge in [0.15, 0.2) is 0 Å². The summed E-state index contributed by atoms with van der Waals surface area (Å²) in [7, 11) is 1.12.